The molecule has 32 heavy (non-hydrogen) atoms. The van der Waals surface area contributed by atoms with Crippen molar-refractivity contribution in [3.05, 3.63) is 57.6 Å². The second-order valence-corrected chi connectivity index (χ2v) is 8.47. The summed E-state index contributed by atoms with van der Waals surface area (Å²) >= 11 is 0. The topological polar surface area (TPSA) is 98.6 Å². The van der Waals surface area contributed by atoms with Gasteiger partial charge in [0, 0.05) is 56.1 Å². The van der Waals surface area contributed by atoms with Crippen LogP contribution in [0.1, 0.15) is 41.4 Å². The number of rotatable bonds is 5. The molecular formula is C22H26FN7O2. The zero-order valence-electron chi connectivity index (χ0n) is 18.1. The van der Waals surface area contributed by atoms with Gasteiger partial charge in [0.2, 0.25) is 5.95 Å². The van der Waals surface area contributed by atoms with Gasteiger partial charge in [-0.1, -0.05) is 6.92 Å². The summed E-state index contributed by atoms with van der Waals surface area (Å²) in [6, 6.07) is 3.74. The average Bonchev–Trinajstić information content (AvgIpc) is 3.28. The van der Waals surface area contributed by atoms with Crippen molar-refractivity contribution in [2.24, 2.45) is 0 Å². The highest BCUT2D eigenvalue weighted by Gasteiger charge is 2.40. The summed E-state index contributed by atoms with van der Waals surface area (Å²) in [7, 11) is 1.50. The average molecular weight is 439 g/mol. The third-order valence-electron chi connectivity index (χ3n) is 6.67. The lowest BCUT2D eigenvalue weighted by atomic mass is 10.1. The van der Waals surface area contributed by atoms with Crippen molar-refractivity contribution >= 4 is 17.2 Å². The first-order chi connectivity index (χ1) is 15.5. The summed E-state index contributed by atoms with van der Waals surface area (Å²) in [5.74, 6) is -1.02. The van der Waals surface area contributed by atoms with Crippen molar-refractivity contribution in [2.75, 3.05) is 25.0 Å². The van der Waals surface area contributed by atoms with Crippen LogP contribution in [-0.2, 0) is 13.0 Å². The zero-order chi connectivity index (χ0) is 22.4. The molecular weight excluding hydrogens is 413 g/mol. The van der Waals surface area contributed by atoms with Gasteiger partial charge in [0.15, 0.2) is 0 Å². The Bertz CT molecular complexity index is 1220. The van der Waals surface area contributed by atoms with E-state index in [2.05, 4.69) is 25.3 Å². The highest BCUT2D eigenvalue weighted by molar-refractivity contribution is 5.92. The lowest BCUT2D eigenvalue weighted by molar-refractivity contribution is 0.0957. The van der Waals surface area contributed by atoms with Gasteiger partial charge in [0.25, 0.3) is 11.5 Å². The Morgan fingerprint density at radius 2 is 2.00 bits per heavy atom. The van der Waals surface area contributed by atoms with Crippen molar-refractivity contribution in [3.63, 3.8) is 0 Å². The minimum Gasteiger partial charge on any atom is -0.365 e. The second kappa shape index (κ2) is 8.01. The fraction of sp³-hybridized carbons (Fsp3) is 0.455. The first kappa shape index (κ1) is 20.6. The molecule has 0 radical (unpaired) electrons. The number of piperazine rings is 1. The number of nitrogens with zero attached hydrogens (tertiary/aromatic N) is 5. The van der Waals surface area contributed by atoms with Crippen molar-refractivity contribution in [2.45, 2.75) is 44.8 Å². The van der Waals surface area contributed by atoms with E-state index in [1.807, 2.05) is 18.0 Å². The van der Waals surface area contributed by atoms with Crippen LogP contribution >= 0.6 is 0 Å². The number of aromatic nitrogens is 4. The number of aromatic amines is 1. The zero-order valence-corrected chi connectivity index (χ0v) is 18.1. The quantitative estimate of drug-likeness (QED) is 0.582. The largest absolute Gasteiger partial charge is 0.365 e. The number of aryl methyl sites for hydroxylation is 1. The normalized spacial score (nSPS) is 20.8. The van der Waals surface area contributed by atoms with Crippen LogP contribution < -0.4 is 15.8 Å². The standard InChI is InChI=1S/C22H26FN7O2/c1-3-13-10-30-20(27-21(13)31)14(8-25-30)9-29-15-4-5-16(29)12-28(11-15)18-7-6-17(22(32)24-2)26-19(18)23/h6-8,10,15-16H,3-5,9,11-12H2,1-2H3,(H,24,32)(H,27,31). The molecule has 2 unspecified atom stereocenters. The molecule has 5 rings (SSSR count). The minimum atomic E-state index is -0.620. The van der Waals surface area contributed by atoms with Crippen LogP contribution in [0.5, 0.6) is 0 Å². The van der Waals surface area contributed by atoms with Gasteiger partial charge in [-0.25, -0.2) is 9.50 Å². The Hall–Kier alpha value is -3.27. The lowest BCUT2D eigenvalue weighted by Crippen LogP contribution is -2.53. The minimum absolute atomic E-state index is 0.0716. The first-order valence-electron chi connectivity index (χ1n) is 11.0. The van der Waals surface area contributed by atoms with Gasteiger partial charge in [-0.3, -0.25) is 14.5 Å². The maximum absolute atomic E-state index is 14.7. The Labute approximate surface area is 184 Å². The predicted molar refractivity (Wildman–Crippen MR) is 117 cm³/mol. The number of fused-ring (bicyclic) bond motifs is 3. The molecule has 1 amide bonds. The number of H-pyrrole nitrogens is 1. The maximum atomic E-state index is 14.7. The van der Waals surface area contributed by atoms with E-state index in [0.717, 1.165) is 24.1 Å². The lowest BCUT2D eigenvalue weighted by Gasteiger charge is -2.42. The number of amides is 1. The molecule has 3 aromatic heterocycles. The molecule has 9 nitrogen and oxygen atoms in total. The van der Waals surface area contributed by atoms with Crippen molar-refractivity contribution in [1.29, 1.82) is 0 Å². The van der Waals surface area contributed by atoms with E-state index < -0.39 is 11.9 Å². The number of anilines is 1. The molecule has 10 heteroatoms. The molecule has 0 saturated carbocycles. The summed E-state index contributed by atoms with van der Waals surface area (Å²) in [6.07, 6.45) is 6.33. The molecule has 2 atom stereocenters. The molecule has 2 saturated heterocycles. The van der Waals surface area contributed by atoms with Crippen molar-refractivity contribution in [3.8, 4) is 0 Å². The third-order valence-corrected chi connectivity index (χ3v) is 6.67. The molecule has 3 aromatic rings. The highest BCUT2D eigenvalue weighted by Crippen LogP contribution is 2.34. The molecule has 5 heterocycles. The van der Waals surface area contributed by atoms with Crippen LogP contribution in [0, 0.1) is 5.95 Å². The monoisotopic (exact) mass is 439 g/mol. The molecule has 2 aliphatic rings. The molecule has 2 bridgehead atoms. The predicted octanol–water partition coefficient (Wildman–Crippen LogP) is 1.33. The van der Waals surface area contributed by atoms with E-state index in [1.165, 1.54) is 7.05 Å². The van der Waals surface area contributed by atoms with Crippen LogP contribution in [0.3, 0.4) is 0 Å². The Morgan fingerprint density at radius 3 is 2.66 bits per heavy atom. The maximum Gasteiger partial charge on any atom is 0.269 e. The van der Waals surface area contributed by atoms with Crippen LogP contribution in [0.15, 0.2) is 29.3 Å². The Morgan fingerprint density at radius 1 is 1.25 bits per heavy atom. The molecule has 0 spiro atoms. The van der Waals surface area contributed by atoms with E-state index in [1.54, 1.807) is 22.8 Å². The van der Waals surface area contributed by atoms with Crippen LogP contribution in [0.25, 0.3) is 5.65 Å². The highest BCUT2D eigenvalue weighted by atomic mass is 19.1. The fourth-order valence-corrected chi connectivity index (χ4v) is 4.95. The number of hydrogen-bond acceptors (Lipinski definition) is 6. The van der Waals surface area contributed by atoms with Gasteiger partial charge in [-0.15, -0.1) is 0 Å². The fourth-order valence-electron chi connectivity index (χ4n) is 4.95. The Balaban J connectivity index is 1.35. The first-order valence-corrected chi connectivity index (χ1v) is 11.0. The molecule has 2 fully saturated rings. The molecule has 0 aromatic carbocycles. The van der Waals surface area contributed by atoms with E-state index in [9.17, 15) is 14.0 Å². The van der Waals surface area contributed by atoms with Crippen molar-refractivity contribution in [1.82, 2.24) is 29.8 Å². The summed E-state index contributed by atoms with van der Waals surface area (Å²) in [6.45, 7) is 4.00. The van der Waals surface area contributed by atoms with E-state index in [-0.39, 0.29) is 23.3 Å². The number of hydrogen-bond donors (Lipinski definition) is 2. The summed E-state index contributed by atoms with van der Waals surface area (Å²) in [5, 5.41) is 6.89. The second-order valence-electron chi connectivity index (χ2n) is 8.47. The molecule has 2 aliphatic heterocycles. The van der Waals surface area contributed by atoms with Gasteiger partial charge < -0.3 is 15.2 Å². The summed E-state index contributed by atoms with van der Waals surface area (Å²) in [5.41, 5.74) is 2.86. The number of nitrogens with one attached hydrogen (secondary N) is 2. The molecule has 168 valence electrons. The molecule has 2 N–H and O–H groups in total. The van der Waals surface area contributed by atoms with E-state index >= 15 is 0 Å². The number of pyridine rings is 1. The number of carbonyl (C=O) groups excluding carboxylic acids is 1. The van der Waals surface area contributed by atoms with E-state index in [0.29, 0.717) is 37.3 Å². The smallest absolute Gasteiger partial charge is 0.269 e. The van der Waals surface area contributed by atoms with Crippen molar-refractivity contribution < 1.29 is 9.18 Å². The summed E-state index contributed by atoms with van der Waals surface area (Å²) in [4.78, 5) is 35.3. The van der Waals surface area contributed by atoms with Gasteiger partial charge in [0.1, 0.15) is 11.3 Å². The van der Waals surface area contributed by atoms with Crippen LogP contribution in [0.2, 0.25) is 0 Å². The van der Waals surface area contributed by atoms with Gasteiger partial charge in [0.05, 0.1) is 11.9 Å². The summed E-state index contributed by atoms with van der Waals surface area (Å²) < 4.78 is 16.4. The third kappa shape index (κ3) is 3.44. The SMILES string of the molecule is CCc1cn2ncc(CN3C4CCC3CN(c3ccc(C(=O)NC)nc3F)C4)c2[nH]c1=O. The number of halogens is 1. The van der Waals surface area contributed by atoms with Gasteiger partial charge in [-0.05, 0) is 31.4 Å². The Kier molecular flexibility index (Phi) is 5.16. The van der Waals surface area contributed by atoms with Crippen LogP contribution in [-0.4, -0.2) is 62.6 Å². The van der Waals surface area contributed by atoms with Gasteiger partial charge >= 0.3 is 0 Å². The van der Waals surface area contributed by atoms with Gasteiger partial charge in [-0.2, -0.15) is 9.49 Å². The van der Waals surface area contributed by atoms with Crippen LogP contribution in [0.4, 0.5) is 10.1 Å². The molecule has 0 aliphatic carbocycles. The van der Waals surface area contributed by atoms with E-state index in [4.69, 9.17) is 0 Å². The number of carbonyl (C=O) groups is 1.